The van der Waals surface area contributed by atoms with Crippen LogP contribution in [0, 0.1) is 12.3 Å². The molecule has 2 aliphatic rings. The average Bonchev–Trinajstić information content (AvgIpc) is 2.62. The number of piperidine rings is 2. The minimum absolute atomic E-state index is 0.0500. The van der Waals surface area contributed by atoms with Gasteiger partial charge < -0.3 is 19.7 Å². The molecule has 0 aromatic carbocycles. The summed E-state index contributed by atoms with van der Waals surface area (Å²) in [6.07, 6.45) is 4.81. The molecular formula is C20H30N4O3. The molecule has 1 atom stereocenters. The van der Waals surface area contributed by atoms with Crippen molar-refractivity contribution >= 4 is 11.8 Å². The monoisotopic (exact) mass is 374 g/mol. The molecule has 7 heteroatoms. The second-order valence-corrected chi connectivity index (χ2v) is 8.34. The Bertz CT molecular complexity index is 773. The van der Waals surface area contributed by atoms with Crippen molar-refractivity contribution < 1.29 is 9.59 Å². The van der Waals surface area contributed by atoms with Gasteiger partial charge in [-0.05, 0) is 40.3 Å². The van der Waals surface area contributed by atoms with Gasteiger partial charge in [0.05, 0.1) is 0 Å². The van der Waals surface area contributed by atoms with E-state index in [9.17, 15) is 14.4 Å². The largest absolute Gasteiger partial charge is 0.364 e. The van der Waals surface area contributed by atoms with Crippen LogP contribution in [0.1, 0.15) is 41.7 Å². The van der Waals surface area contributed by atoms with Gasteiger partial charge in [-0.1, -0.05) is 0 Å². The van der Waals surface area contributed by atoms with E-state index in [1.165, 1.54) is 12.3 Å². The van der Waals surface area contributed by atoms with E-state index < -0.39 is 0 Å². The van der Waals surface area contributed by atoms with Gasteiger partial charge in [0.15, 0.2) is 5.43 Å². The number of hydrogen-bond donors (Lipinski definition) is 1. The number of likely N-dealkylation sites (N-methyl/N-ethyl adjacent to an activating group) is 1. The number of nitrogens with one attached hydrogen (secondary N) is 1. The van der Waals surface area contributed by atoms with Gasteiger partial charge in [-0.25, -0.2) is 0 Å². The first kappa shape index (κ1) is 19.6. The fourth-order valence-corrected chi connectivity index (χ4v) is 4.25. The standard InChI is InChI=1S/C20H30N4O3/c1-15-11-17(25)16(12-21-15)19(27)24-8-4-6-20(14-24)7-5-18(26)23(13-20)10-9-22(2)3/h11-12H,4-10,13-14H2,1-3H3,(H,21,25)/t20-/m0/s1. The molecular weight excluding hydrogens is 344 g/mol. The zero-order chi connectivity index (χ0) is 19.6. The van der Waals surface area contributed by atoms with Crippen LogP contribution < -0.4 is 5.43 Å². The summed E-state index contributed by atoms with van der Waals surface area (Å²) in [5.74, 6) is 0.00738. The highest BCUT2D eigenvalue weighted by atomic mass is 16.2. The van der Waals surface area contributed by atoms with Crippen molar-refractivity contribution in [2.75, 3.05) is 46.8 Å². The molecule has 0 bridgehead atoms. The molecule has 0 saturated carbocycles. The third-order valence-electron chi connectivity index (χ3n) is 5.80. The van der Waals surface area contributed by atoms with Crippen molar-refractivity contribution in [3.63, 3.8) is 0 Å². The minimum Gasteiger partial charge on any atom is -0.364 e. The number of hydrogen-bond acceptors (Lipinski definition) is 4. The quantitative estimate of drug-likeness (QED) is 0.856. The molecule has 2 saturated heterocycles. The Morgan fingerprint density at radius 2 is 2.04 bits per heavy atom. The first-order valence-corrected chi connectivity index (χ1v) is 9.71. The van der Waals surface area contributed by atoms with Crippen molar-refractivity contribution in [2.24, 2.45) is 5.41 Å². The Morgan fingerprint density at radius 1 is 1.26 bits per heavy atom. The van der Waals surface area contributed by atoms with E-state index in [0.717, 1.165) is 38.0 Å². The molecule has 1 N–H and O–H groups in total. The molecule has 1 spiro atoms. The predicted molar refractivity (Wildman–Crippen MR) is 104 cm³/mol. The first-order valence-electron chi connectivity index (χ1n) is 9.71. The Labute approximate surface area is 160 Å². The van der Waals surface area contributed by atoms with Crippen molar-refractivity contribution in [3.05, 3.63) is 33.7 Å². The number of aromatic nitrogens is 1. The number of carbonyl (C=O) groups excluding carboxylic acids is 2. The van der Waals surface area contributed by atoms with E-state index >= 15 is 0 Å². The highest BCUT2D eigenvalue weighted by Gasteiger charge is 2.42. The second kappa shape index (κ2) is 7.84. The highest BCUT2D eigenvalue weighted by Crippen LogP contribution is 2.39. The Balaban J connectivity index is 1.73. The highest BCUT2D eigenvalue weighted by molar-refractivity contribution is 5.94. The van der Waals surface area contributed by atoms with Gasteiger partial charge in [0.2, 0.25) is 5.91 Å². The summed E-state index contributed by atoms with van der Waals surface area (Å²) in [7, 11) is 4.01. The number of rotatable bonds is 4. The lowest BCUT2D eigenvalue weighted by Gasteiger charge is -2.48. The summed E-state index contributed by atoms with van der Waals surface area (Å²) in [5.41, 5.74) is 0.663. The maximum absolute atomic E-state index is 12.9. The number of carbonyl (C=O) groups is 2. The molecule has 27 heavy (non-hydrogen) atoms. The zero-order valence-electron chi connectivity index (χ0n) is 16.6. The summed E-state index contributed by atoms with van der Waals surface area (Å²) >= 11 is 0. The lowest BCUT2D eigenvalue weighted by molar-refractivity contribution is -0.139. The number of amides is 2. The molecule has 1 aromatic rings. The topological polar surface area (TPSA) is 76.7 Å². The van der Waals surface area contributed by atoms with E-state index in [4.69, 9.17) is 0 Å². The van der Waals surface area contributed by atoms with Crippen LogP contribution >= 0.6 is 0 Å². The Kier molecular flexibility index (Phi) is 5.69. The first-order chi connectivity index (χ1) is 12.8. The molecule has 7 nitrogen and oxygen atoms in total. The molecule has 148 valence electrons. The van der Waals surface area contributed by atoms with Gasteiger partial charge in [0, 0.05) is 62.5 Å². The Hall–Kier alpha value is -2.15. The van der Waals surface area contributed by atoms with Gasteiger partial charge in [0.25, 0.3) is 5.91 Å². The van der Waals surface area contributed by atoms with Crippen LogP contribution in [0.4, 0.5) is 0 Å². The van der Waals surface area contributed by atoms with Crippen molar-refractivity contribution in [3.8, 4) is 0 Å². The summed E-state index contributed by atoms with van der Waals surface area (Å²) in [5, 5.41) is 0. The second-order valence-electron chi connectivity index (χ2n) is 8.34. The predicted octanol–water partition coefficient (Wildman–Crippen LogP) is 1.09. The number of pyridine rings is 1. The molecule has 3 heterocycles. The minimum atomic E-state index is -0.234. The van der Waals surface area contributed by atoms with E-state index in [-0.39, 0.29) is 28.2 Å². The molecule has 2 amide bonds. The van der Waals surface area contributed by atoms with E-state index in [2.05, 4.69) is 9.88 Å². The number of aromatic amines is 1. The number of H-pyrrole nitrogens is 1. The van der Waals surface area contributed by atoms with Crippen LogP contribution in [-0.2, 0) is 4.79 Å². The molecule has 2 aliphatic heterocycles. The third-order valence-corrected chi connectivity index (χ3v) is 5.80. The van der Waals surface area contributed by atoms with Crippen LogP contribution in [0.3, 0.4) is 0 Å². The maximum atomic E-state index is 12.9. The normalized spacial score (nSPS) is 23.3. The van der Waals surface area contributed by atoms with Crippen molar-refractivity contribution in [1.29, 1.82) is 0 Å². The van der Waals surface area contributed by atoms with Gasteiger partial charge in [0.1, 0.15) is 5.56 Å². The molecule has 1 aromatic heterocycles. The van der Waals surface area contributed by atoms with E-state index in [1.807, 2.05) is 23.9 Å². The molecule has 3 rings (SSSR count). The smallest absolute Gasteiger partial charge is 0.259 e. The average molecular weight is 374 g/mol. The molecule has 0 aliphatic carbocycles. The summed E-state index contributed by atoms with van der Waals surface area (Å²) in [4.78, 5) is 46.3. The Morgan fingerprint density at radius 3 is 2.74 bits per heavy atom. The SMILES string of the molecule is Cc1cc(=O)c(C(=O)N2CCC[C@@]3(CCC(=O)N(CCN(C)C)C3)C2)c[nH]1. The molecule has 0 unspecified atom stereocenters. The van der Waals surface area contributed by atoms with Crippen molar-refractivity contribution in [2.45, 2.75) is 32.6 Å². The van der Waals surface area contributed by atoms with Gasteiger partial charge in [-0.15, -0.1) is 0 Å². The summed E-state index contributed by atoms with van der Waals surface area (Å²) < 4.78 is 0. The van der Waals surface area contributed by atoms with Crippen LogP contribution in [0.2, 0.25) is 0 Å². The lowest BCUT2D eigenvalue weighted by atomic mass is 9.73. The number of likely N-dealkylation sites (tertiary alicyclic amines) is 2. The fourth-order valence-electron chi connectivity index (χ4n) is 4.25. The van der Waals surface area contributed by atoms with E-state index in [1.54, 1.807) is 6.92 Å². The van der Waals surface area contributed by atoms with Gasteiger partial charge in [-0.3, -0.25) is 14.4 Å². The van der Waals surface area contributed by atoms with Crippen LogP contribution in [0.15, 0.2) is 17.1 Å². The van der Waals surface area contributed by atoms with Crippen molar-refractivity contribution in [1.82, 2.24) is 19.7 Å². The summed E-state index contributed by atoms with van der Waals surface area (Å²) in [6.45, 7) is 5.34. The third kappa shape index (κ3) is 4.40. The van der Waals surface area contributed by atoms with E-state index in [0.29, 0.717) is 26.1 Å². The van der Waals surface area contributed by atoms with Crippen LogP contribution in [0.5, 0.6) is 0 Å². The number of nitrogens with zero attached hydrogens (tertiary/aromatic N) is 3. The maximum Gasteiger partial charge on any atom is 0.259 e. The fraction of sp³-hybridized carbons (Fsp3) is 0.650. The number of aryl methyl sites for hydroxylation is 1. The zero-order valence-corrected chi connectivity index (χ0v) is 16.6. The van der Waals surface area contributed by atoms with Crippen LogP contribution in [0.25, 0.3) is 0 Å². The van der Waals surface area contributed by atoms with Gasteiger partial charge in [-0.2, -0.15) is 0 Å². The molecule has 0 radical (unpaired) electrons. The molecule has 2 fully saturated rings. The van der Waals surface area contributed by atoms with Gasteiger partial charge >= 0.3 is 0 Å². The summed E-state index contributed by atoms with van der Waals surface area (Å²) in [6, 6.07) is 1.47. The van der Waals surface area contributed by atoms with Crippen LogP contribution in [-0.4, -0.2) is 78.3 Å². The lowest BCUT2D eigenvalue weighted by Crippen LogP contribution is -2.56.